The second kappa shape index (κ2) is 8.20. The van der Waals surface area contributed by atoms with Gasteiger partial charge in [-0.3, -0.25) is 9.69 Å². The fourth-order valence-electron chi connectivity index (χ4n) is 2.98. The molecule has 7 nitrogen and oxygen atoms in total. The fourth-order valence-corrected chi connectivity index (χ4v) is 3.24. The molecule has 0 spiro atoms. The molecule has 1 aliphatic rings. The lowest BCUT2D eigenvalue weighted by molar-refractivity contribution is -0.132. The van der Waals surface area contributed by atoms with Gasteiger partial charge in [0, 0.05) is 4.47 Å². The number of ether oxygens (including phenoxy) is 2. The van der Waals surface area contributed by atoms with Crippen molar-refractivity contribution >= 4 is 27.9 Å². The number of nitrogens with zero attached hydrogens (tertiary/aromatic N) is 1. The third-order valence-electron chi connectivity index (χ3n) is 4.57. The third kappa shape index (κ3) is 4.13. The molecule has 28 heavy (non-hydrogen) atoms. The van der Waals surface area contributed by atoms with Gasteiger partial charge in [0.2, 0.25) is 0 Å². The maximum atomic E-state index is 12.9. The molecule has 1 fully saturated rings. The molecule has 2 N–H and O–H groups in total. The lowest BCUT2D eigenvalue weighted by Gasteiger charge is -2.23. The second-order valence-electron chi connectivity index (χ2n) is 6.62. The summed E-state index contributed by atoms with van der Waals surface area (Å²) in [5.41, 5.74) is -0.619. The summed E-state index contributed by atoms with van der Waals surface area (Å²) in [6, 6.07) is 13.5. The van der Waals surface area contributed by atoms with Crippen LogP contribution in [0, 0.1) is 0 Å². The number of carbonyl (C=O) groups is 2. The molecule has 8 heteroatoms. The number of benzene rings is 2. The SMILES string of the molecule is COc1cccc(C2(C)NC(=O)N(CC(O)COc3ccc(Br)cc3)C2=O)c1. The molecular weight excluding hydrogens is 428 g/mol. The molecule has 148 valence electrons. The van der Waals surface area contributed by atoms with Crippen molar-refractivity contribution in [3.8, 4) is 11.5 Å². The number of methoxy groups -OCH3 is 1. The molecule has 2 unspecified atom stereocenters. The Morgan fingerprint density at radius 1 is 1.18 bits per heavy atom. The van der Waals surface area contributed by atoms with Gasteiger partial charge in [-0.2, -0.15) is 0 Å². The van der Waals surface area contributed by atoms with E-state index in [9.17, 15) is 14.7 Å². The number of rotatable bonds is 7. The Kier molecular flexibility index (Phi) is 5.90. The van der Waals surface area contributed by atoms with Crippen LogP contribution in [-0.4, -0.2) is 48.3 Å². The first-order valence-corrected chi connectivity index (χ1v) is 9.48. The van der Waals surface area contributed by atoms with Gasteiger partial charge in [0.05, 0.1) is 13.7 Å². The molecule has 1 heterocycles. The molecule has 0 aliphatic carbocycles. The highest BCUT2D eigenvalue weighted by atomic mass is 79.9. The Hall–Kier alpha value is -2.58. The summed E-state index contributed by atoms with van der Waals surface area (Å²) < 4.78 is 11.6. The van der Waals surface area contributed by atoms with Crippen molar-refractivity contribution in [2.75, 3.05) is 20.3 Å². The molecule has 0 radical (unpaired) electrons. The lowest BCUT2D eigenvalue weighted by Crippen LogP contribution is -2.42. The molecule has 0 bridgehead atoms. The molecule has 2 aromatic rings. The van der Waals surface area contributed by atoms with Crippen molar-refractivity contribution in [2.45, 2.75) is 18.6 Å². The summed E-state index contributed by atoms with van der Waals surface area (Å²) >= 11 is 3.33. The molecule has 0 saturated carbocycles. The average molecular weight is 449 g/mol. The minimum Gasteiger partial charge on any atom is -0.497 e. The number of hydrogen-bond acceptors (Lipinski definition) is 5. The van der Waals surface area contributed by atoms with E-state index in [1.807, 2.05) is 12.1 Å². The van der Waals surface area contributed by atoms with Crippen LogP contribution in [0.4, 0.5) is 4.79 Å². The number of aliphatic hydroxyl groups is 1. The van der Waals surface area contributed by atoms with Gasteiger partial charge in [-0.1, -0.05) is 28.1 Å². The van der Waals surface area contributed by atoms with E-state index in [4.69, 9.17) is 9.47 Å². The van der Waals surface area contributed by atoms with Crippen LogP contribution in [0.1, 0.15) is 12.5 Å². The predicted molar refractivity (Wildman–Crippen MR) is 106 cm³/mol. The number of halogens is 1. The maximum Gasteiger partial charge on any atom is 0.325 e. The normalized spacial score (nSPS) is 20.1. The molecule has 3 rings (SSSR count). The van der Waals surface area contributed by atoms with E-state index in [0.29, 0.717) is 17.1 Å². The van der Waals surface area contributed by atoms with E-state index in [1.165, 1.54) is 7.11 Å². The van der Waals surface area contributed by atoms with Gasteiger partial charge in [0.1, 0.15) is 29.7 Å². The topological polar surface area (TPSA) is 88.1 Å². The zero-order valence-electron chi connectivity index (χ0n) is 15.5. The standard InChI is InChI=1S/C20H21BrN2O5/c1-20(13-4-3-5-17(10-13)27-2)18(25)23(19(26)22-20)11-15(24)12-28-16-8-6-14(21)7-9-16/h3-10,15,24H,11-12H2,1-2H3,(H,22,26). The largest absolute Gasteiger partial charge is 0.497 e. The van der Waals surface area contributed by atoms with E-state index < -0.39 is 23.6 Å². The number of amides is 3. The average Bonchev–Trinajstić information content (AvgIpc) is 2.91. The summed E-state index contributed by atoms with van der Waals surface area (Å²) in [6.45, 7) is 1.42. The predicted octanol–water partition coefficient (Wildman–Crippen LogP) is 2.66. The summed E-state index contributed by atoms with van der Waals surface area (Å²) in [6.07, 6.45) is -1.02. The van der Waals surface area contributed by atoms with Gasteiger partial charge >= 0.3 is 6.03 Å². The van der Waals surface area contributed by atoms with Crippen molar-refractivity contribution in [2.24, 2.45) is 0 Å². The Morgan fingerprint density at radius 2 is 1.89 bits per heavy atom. The molecular formula is C20H21BrN2O5. The first-order chi connectivity index (χ1) is 13.3. The van der Waals surface area contributed by atoms with Gasteiger partial charge in [-0.15, -0.1) is 0 Å². The highest BCUT2D eigenvalue weighted by molar-refractivity contribution is 9.10. The van der Waals surface area contributed by atoms with Crippen molar-refractivity contribution in [3.05, 3.63) is 58.6 Å². The van der Waals surface area contributed by atoms with Crippen LogP contribution in [0.5, 0.6) is 11.5 Å². The van der Waals surface area contributed by atoms with E-state index in [2.05, 4.69) is 21.2 Å². The van der Waals surface area contributed by atoms with Gasteiger partial charge in [0.15, 0.2) is 0 Å². The highest BCUT2D eigenvalue weighted by Crippen LogP contribution is 2.31. The monoisotopic (exact) mass is 448 g/mol. The number of nitrogens with one attached hydrogen (secondary N) is 1. The Morgan fingerprint density at radius 3 is 2.57 bits per heavy atom. The number of hydrogen-bond donors (Lipinski definition) is 2. The van der Waals surface area contributed by atoms with Gasteiger partial charge in [-0.05, 0) is 48.9 Å². The first kappa shape index (κ1) is 20.2. The quantitative estimate of drug-likeness (QED) is 0.635. The van der Waals surface area contributed by atoms with Crippen molar-refractivity contribution in [3.63, 3.8) is 0 Å². The molecule has 1 aliphatic heterocycles. The number of aliphatic hydroxyl groups excluding tert-OH is 1. The Bertz CT molecular complexity index is 873. The van der Waals surface area contributed by atoms with Crippen molar-refractivity contribution < 1.29 is 24.2 Å². The van der Waals surface area contributed by atoms with E-state index in [0.717, 1.165) is 9.37 Å². The molecule has 2 aromatic carbocycles. The molecule has 3 amide bonds. The van der Waals surface area contributed by atoms with Gasteiger partial charge in [0.25, 0.3) is 5.91 Å². The van der Waals surface area contributed by atoms with Crippen LogP contribution in [0.3, 0.4) is 0 Å². The van der Waals surface area contributed by atoms with Crippen LogP contribution in [-0.2, 0) is 10.3 Å². The zero-order valence-corrected chi connectivity index (χ0v) is 17.1. The number of urea groups is 1. The van der Waals surface area contributed by atoms with E-state index >= 15 is 0 Å². The number of carbonyl (C=O) groups excluding carboxylic acids is 2. The van der Waals surface area contributed by atoms with E-state index in [-0.39, 0.29) is 13.2 Å². The van der Waals surface area contributed by atoms with Gasteiger partial charge < -0.3 is 19.9 Å². The van der Waals surface area contributed by atoms with Gasteiger partial charge in [-0.25, -0.2) is 4.79 Å². The van der Waals surface area contributed by atoms with Crippen LogP contribution >= 0.6 is 15.9 Å². The summed E-state index contributed by atoms with van der Waals surface area (Å²) in [7, 11) is 1.53. The van der Waals surface area contributed by atoms with Crippen LogP contribution in [0.2, 0.25) is 0 Å². The van der Waals surface area contributed by atoms with Crippen LogP contribution < -0.4 is 14.8 Å². The maximum absolute atomic E-state index is 12.9. The highest BCUT2D eigenvalue weighted by Gasteiger charge is 2.49. The smallest absolute Gasteiger partial charge is 0.325 e. The molecule has 2 atom stereocenters. The van der Waals surface area contributed by atoms with Crippen molar-refractivity contribution in [1.29, 1.82) is 0 Å². The summed E-state index contributed by atoms with van der Waals surface area (Å²) in [4.78, 5) is 26.3. The second-order valence-corrected chi connectivity index (χ2v) is 7.54. The first-order valence-electron chi connectivity index (χ1n) is 8.68. The number of imide groups is 1. The Balaban J connectivity index is 1.66. The summed E-state index contributed by atoms with van der Waals surface area (Å²) in [5.74, 6) is 0.733. The van der Waals surface area contributed by atoms with Crippen LogP contribution in [0.15, 0.2) is 53.0 Å². The minimum absolute atomic E-state index is 0.0471. The minimum atomic E-state index is -1.22. The lowest BCUT2D eigenvalue weighted by atomic mass is 9.92. The van der Waals surface area contributed by atoms with E-state index in [1.54, 1.807) is 43.3 Å². The molecule has 1 saturated heterocycles. The van der Waals surface area contributed by atoms with Crippen LogP contribution in [0.25, 0.3) is 0 Å². The summed E-state index contributed by atoms with van der Waals surface area (Å²) in [5, 5.41) is 13.0. The molecule has 0 aromatic heterocycles. The fraction of sp³-hybridized carbons (Fsp3) is 0.300. The Labute approximate surface area is 171 Å². The van der Waals surface area contributed by atoms with Crippen molar-refractivity contribution in [1.82, 2.24) is 10.2 Å². The third-order valence-corrected chi connectivity index (χ3v) is 5.10. The zero-order chi connectivity index (χ0) is 20.3. The number of β-amino-alcohol motifs (C(OH)–C–C–N with tert-alkyl or cyclic N) is 1.